The lowest BCUT2D eigenvalue weighted by atomic mass is 9.99. The van der Waals surface area contributed by atoms with Gasteiger partial charge in [0.05, 0.1) is 0 Å². The van der Waals surface area contributed by atoms with Crippen LogP contribution in [0.3, 0.4) is 0 Å². The van der Waals surface area contributed by atoms with Gasteiger partial charge in [-0.3, -0.25) is 4.79 Å². The summed E-state index contributed by atoms with van der Waals surface area (Å²) >= 11 is 6.09. The molecular weight excluding hydrogens is 320 g/mol. The number of amides is 1. The minimum absolute atomic E-state index is 0.144. The Morgan fingerprint density at radius 2 is 1.78 bits per heavy atom. The van der Waals surface area contributed by atoms with Crippen molar-refractivity contribution >= 4 is 23.2 Å². The fourth-order valence-electron chi connectivity index (χ4n) is 2.42. The predicted octanol–water partition coefficient (Wildman–Crippen LogP) is 4.77. The molecule has 2 aromatic rings. The molecule has 0 spiro atoms. The normalized spacial score (nSPS) is 12.1. The van der Waals surface area contributed by atoms with Crippen LogP contribution in [-0.2, 0) is 11.2 Å². The third-order valence-corrected chi connectivity index (χ3v) is 4.17. The third kappa shape index (κ3) is 4.29. The quantitative estimate of drug-likeness (QED) is 0.787. The number of anilines is 1. The van der Waals surface area contributed by atoms with Crippen LogP contribution in [-0.4, -0.2) is 13.0 Å². The zero-order chi connectivity index (χ0) is 17.1. The molecule has 0 radical (unpaired) electrons. The van der Waals surface area contributed by atoms with Crippen LogP contribution in [0, 0.1) is 24.5 Å². The molecule has 122 valence electrons. The lowest BCUT2D eigenvalue weighted by Gasteiger charge is -2.22. The average molecular weight is 338 g/mol. The van der Waals surface area contributed by atoms with Gasteiger partial charge in [0.15, 0.2) is 0 Å². The van der Waals surface area contributed by atoms with E-state index in [4.69, 9.17) is 11.6 Å². The van der Waals surface area contributed by atoms with Gasteiger partial charge < -0.3 is 4.90 Å². The molecule has 5 heteroatoms. The van der Waals surface area contributed by atoms with Crippen LogP contribution in [0.5, 0.6) is 0 Å². The highest BCUT2D eigenvalue weighted by molar-refractivity contribution is 6.31. The summed E-state index contributed by atoms with van der Waals surface area (Å²) in [4.78, 5) is 14.0. The second kappa shape index (κ2) is 7.09. The van der Waals surface area contributed by atoms with Gasteiger partial charge in [-0.25, -0.2) is 8.78 Å². The van der Waals surface area contributed by atoms with Crippen LogP contribution in [0.2, 0.25) is 5.02 Å². The molecule has 0 aliphatic carbocycles. The molecule has 0 saturated carbocycles. The SMILES string of the molecule is Cc1ccc(N(C)C(=O)[C@@H](C)Cc2cc(F)cc(F)c2)cc1Cl. The summed E-state index contributed by atoms with van der Waals surface area (Å²) in [6, 6.07) is 8.69. The van der Waals surface area contributed by atoms with Crippen LogP contribution in [0.25, 0.3) is 0 Å². The van der Waals surface area contributed by atoms with E-state index < -0.39 is 17.6 Å². The number of benzene rings is 2. The van der Waals surface area contributed by atoms with Crippen molar-refractivity contribution in [2.75, 3.05) is 11.9 Å². The van der Waals surface area contributed by atoms with Crippen LogP contribution in [0.15, 0.2) is 36.4 Å². The van der Waals surface area contributed by atoms with E-state index in [2.05, 4.69) is 0 Å². The van der Waals surface area contributed by atoms with Gasteiger partial charge >= 0.3 is 0 Å². The molecule has 2 nitrogen and oxygen atoms in total. The van der Waals surface area contributed by atoms with Gasteiger partial charge in [-0.05, 0) is 48.7 Å². The molecule has 0 fully saturated rings. The minimum atomic E-state index is -0.640. The summed E-state index contributed by atoms with van der Waals surface area (Å²) in [6.07, 6.45) is 0.261. The van der Waals surface area contributed by atoms with Crippen LogP contribution < -0.4 is 4.90 Å². The summed E-state index contributed by atoms with van der Waals surface area (Å²) in [6.45, 7) is 3.62. The van der Waals surface area contributed by atoms with Gasteiger partial charge in [-0.15, -0.1) is 0 Å². The topological polar surface area (TPSA) is 20.3 Å². The Bertz CT molecular complexity index is 713. The molecule has 1 amide bonds. The Kier molecular flexibility index (Phi) is 5.37. The van der Waals surface area contributed by atoms with E-state index in [-0.39, 0.29) is 12.3 Å². The molecule has 0 saturated heterocycles. The van der Waals surface area contributed by atoms with Crippen molar-refractivity contribution in [3.8, 4) is 0 Å². The van der Waals surface area contributed by atoms with Crippen molar-refractivity contribution in [1.29, 1.82) is 0 Å². The Morgan fingerprint density at radius 1 is 1.17 bits per heavy atom. The van der Waals surface area contributed by atoms with Crippen LogP contribution in [0.1, 0.15) is 18.1 Å². The first kappa shape index (κ1) is 17.4. The molecule has 0 unspecified atom stereocenters. The number of aryl methyl sites for hydroxylation is 1. The smallest absolute Gasteiger partial charge is 0.229 e. The highest BCUT2D eigenvalue weighted by Gasteiger charge is 2.20. The molecule has 0 bridgehead atoms. The van der Waals surface area contributed by atoms with Crippen LogP contribution >= 0.6 is 11.6 Å². The fourth-order valence-corrected chi connectivity index (χ4v) is 2.59. The second-order valence-electron chi connectivity index (χ2n) is 5.71. The van der Waals surface area contributed by atoms with Crippen molar-refractivity contribution in [2.45, 2.75) is 20.3 Å². The van der Waals surface area contributed by atoms with Crippen molar-refractivity contribution in [2.24, 2.45) is 5.92 Å². The molecule has 0 aromatic heterocycles. The van der Waals surface area contributed by atoms with Crippen molar-refractivity contribution in [1.82, 2.24) is 0 Å². The first-order valence-corrected chi connectivity index (χ1v) is 7.64. The van der Waals surface area contributed by atoms with Crippen molar-refractivity contribution in [3.63, 3.8) is 0 Å². The largest absolute Gasteiger partial charge is 0.315 e. The van der Waals surface area contributed by atoms with E-state index >= 15 is 0 Å². The molecule has 23 heavy (non-hydrogen) atoms. The fraction of sp³-hybridized carbons (Fsp3) is 0.278. The highest BCUT2D eigenvalue weighted by Crippen LogP contribution is 2.24. The second-order valence-corrected chi connectivity index (χ2v) is 6.12. The average Bonchev–Trinajstić information content (AvgIpc) is 2.47. The van der Waals surface area contributed by atoms with Crippen molar-refractivity contribution in [3.05, 3.63) is 64.2 Å². The first-order valence-electron chi connectivity index (χ1n) is 7.26. The Balaban J connectivity index is 2.13. The Hall–Kier alpha value is -1.94. The van der Waals surface area contributed by atoms with Gasteiger partial charge in [0, 0.05) is 29.7 Å². The summed E-state index contributed by atoms with van der Waals surface area (Å²) in [5.74, 6) is -1.84. The number of hydrogen-bond acceptors (Lipinski definition) is 1. The number of carbonyl (C=O) groups is 1. The van der Waals surface area contributed by atoms with E-state index in [9.17, 15) is 13.6 Å². The number of nitrogens with zero attached hydrogens (tertiary/aromatic N) is 1. The minimum Gasteiger partial charge on any atom is -0.315 e. The van der Waals surface area contributed by atoms with Crippen molar-refractivity contribution < 1.29 is 13.6 Å². The number of carbonyl (C=O) groups excluding carboxylic acids is 1. The maximum Gasteiger partial charge on any atom is 0.229 e. The summed E-state index contributed by atoms with van der Waals surface area (Å²) < 4.78 is 26.5. The molecule has 0 aliphatic heterocycles. The van der Waals surface area contributed by atoms with Crippen LogP contribution in [0.4, 0.5) is 14.5 Å². The first-order chi connectivity index (χ1) is 10.8. The molecular formula is C18H18ClF2NO. The maximum absolute atomic E-state index is 13.2. The molecule has 0 heterocycles. The predicted molar refractivity (Wildman–Crippen MR) is 88.8 cm³/mol. The van der Waals surface area contributed by atoms with E-state index in [1.165, 1.54) is 17.0 Å². The lowest BCUT2D eigenvalue weighted by Crippen LogP contribution is -2.32. The standard InChI is InChI=1S/C18H18ClF2NO/c1-11-4-5-16(10-17(11)19)22(3)18(23)12(2)6-13-7-14(20)9-15(21)8-13/h4-5,7-10,12H,6H2,1-3H3/t12-/m0/s1. The van der Waals surface area contributed by atoms with Gasteiger partial charge in [0.25, 0.3) is 0 Å². The Morgan fingerprint density at radius 3 is 2.35 bits per heavy atom. The van der Waals surface area contributed by atoms with E-state index in [1.54, 1.807) is 20.0 Å². The summed E-state index contributed by atoms with van der Waals surface area (Å²) in [5, 5.41) is 0.585. The number of halogens is 3. The Labute approximate surface area is 139 Å². The molecule has 2 aromatic carbocycles. The van der Waals surface area contributed by atoms with E-state index in [0.29, 0.717) is 16.3 Å². The van der Waals surface area contributed by atoms with Gasteiger partial charge in [0.2, 0.25) is 5.91 Å². The number of rotatable bonds is 4. The molecule has 0 N–H and O–H groups in total. The molecule has 1 atom stereocenters. The zero-order valence-corrected chi connectivity index (χ0v) is 14.0. The molecule has 2 rings (SSSR count). The number of hydrogen-bond donors (Lipinski definition) is 0. The summed E-state index contributed by atoms with van der Waals surface area (Å²) in [7, 11) is 1.66. The van der Waals surface area contributed by atoms with E-state index in [0.717, 1.165) is 11.6 Å². The lowest BCUT2D eigenvalue weighted by molar-refractivity contribution is -0.121. The van der Waals surface area contributed by atoms with Gasteiger partial charge in [-0.1, -0.05) is 24.6 Å². The third-order valence-electron chi connectivity index (χ3n) is 3.76. The van der Waals surface area contributed by atoms with Gasteiger partial charge in [0.1, 0.15) is 11.6 Å². The zero-order valence-electron chi connectivity index (χ0n) is 13.2. The maximum atomic E-state index is 13.2. The highest BCUT2D eigenvalue weighted by atomic mass is 35.5. The molecule has 0 aliphatic rings. The summed E-state index contributed by atoms with van der Waals surface area (Å²) in [5.41, 5.74) is 2.07. The van der Waals surface area contributed by atoms with Gasteiger partial charge in [-0.2, -0.15) is 0 Å². The van der Waals surface area contributed by atoms with E-state index in [1.807, 2.05) is 19.1 Å². The monoisotopic (exact) mass is 337 g/mol.